The van der Waals surface area contributed by atoms with Gasteiger partial charge in [-0.3, -0.25) is 4.79 Å². The molecule has 0 fully saturated rings. The molecule has 172 valence electrons. The number of aliphatic hydroxyl groups excluding tert-OH is 1. The number of rotatable bonds is 11. The molecule has 6 nitrogen and oxygen atoms in total. The fraction of sp³-hybridized carbons (Fsp3) is 0.148. The van der Waals surface area contributed by atoms with Crippen molar-refractivity contribution in [2.75, 3.05) is 14.2 Å². The van der Waals surface area contributed by atoms with Gasteiger partial charge in [0, 0.05) is 17.2 Å². The summed E-state index contributed by atoms with van der Waals surface area (Å²) in [6.45, 7) is 7.34. The molecule has 0 aromatic heterocycles. The summed E-state index contributed by atoms with van der Waals surface area (Å²) in [5.74, 6) is 0.00430. The van der Waals surface area contributed by atoms with Crippen LogP contribution in [0, 0.1) is 0 Å². The van der Waals surface area contributed by atoms with Crippen LogP contribution in [0.3, 0.4) is 0 Å². The molecule has 0 heterocycles. The zero-order chi connectivity index (χ0) is 24.4. The molecule has 0 radical (unpaired) electrons. The lowest BCUT2D eigenvalue weighted by atomic mass is 10.0. The van der Waals surface area contributed by atoms with Gasteiger partial charge in [0.15, 0.2) is 28.8 Å². The standard InChI is InChI=1S/C27H28O6/c1-5-7-20-13-18(15-24(32-3)26(20)30)9-11-22(28)17-23(29)12-10-19-14-21(8-6-2)27(31)25(16-19)33-4/h5-6,9-17,28,30-31H,1-2,7-8H2,3-4H3/b11-9+,12-10+,22-17-. The Hall–Kier alpha value is -4.19. The van der Waals surface area contributed by atoms with Crippen molar-refractivity contribution in [1.29, 1.82) is 0 Å². The highest BCUT2D eigenvalue weighted by molar-refractivity contribution is 6.02. The van der Waals surface area contributed by atoms with Gasteiger partial charge in [0.2, 0.25) is 0 Å². The van der Waals surface area contributed by atoms with Crippen molar-refractivity contribution in [2.24, 2.45) is 0 Å². The predicted octanol–water partition coefficient (Wildman–Crippen LogP) is 5.31. The van der Waals surface area contributed by atoms with Crippen LogP contribution in [0.4, 0.5) is 0 Å². The van der Waals surface area contributed by atoms with Crippen LogP contribution in [-0.4, -0.2) is 35.3 Å². The number of aromatic hydroxyl groups is 2. The van der Waals surface area contributed by atoms with E-state index in [0.717, 1.165) is 6.08 Å². The van der Waals surface area contributed by atoms with Gasteiger partial charge < -0.3 is 24.8 Å². The molecule has 2 aromatic carbocycles. The first-order valence-electron chi connectivity index (χ1n) is 10.1. The van der Waals surface area contributed by atoms with E-state index in [9.17, 15) is 20.1 Å². The third-order valence-electron chi connectivity index (χ3n) is 4.70. The lowest BCUT2D eigenvalue weighted by Crippen LogP contribution is -1.92. The summed E-state index contributed by atoms with van der Waals surface area (Å²) in [5.41, 5.74) is 2.59. The van der Waals surface area contributed by atoms with Gasteiger partial charge in [0.25, 0.3) is 0 Å². The van der Waals surface area contributed by atoms with E-state index in [1.165, 1.54) is 26.4 Å². The second-order valence-corrected chi connectivity index (χ2v) is 7.09. The molecular weight excluding hydrogens is 420 g/mol. The Morgan fingerprint density at radius 2 is 1.30 bits per heavy atom. The zero-order valence-corrected chi connectivity index (χ0v) is 18.7. The van der Waals surface area contributed by atoms with E-state index < -0.39 is 5.78 Å². The number of phenolic OH excluding ortho intramolecular Hbond substituents is 2. The van der Waals surface area contributed by atoms with Gasteiger partial charge in [-0.1, -0.05) is 24.3 Å². The second-order valence-electron chi connectivity index (χ2n) is 7.09. The minimum Gasteiger partial charge on any atom is -0.508 e. The van der Waals surface area contributed by atoms with Crippen LogP contribution in [0.5, 0.6) is 23.0 Å². The molecule has 0 unspecified atom stereocenters. The fourth-order valence-electron chi connectivity index (χ4n) is 3.11. The van der Waals surface area contributed by atoms with Crippen LogP contribution < -0.4 is 9.47 Å². The molecule has 0 bridgehead atoms. The average molecular weight is 449 g/mol. The molecule has 6 heteroatoms. The van der Waals surface area contributed by atoms with E-state index in [-0.39, 0.29) is 17.3 Å². The smallest absolute Gasteiger partial charge is 0.182 e. The van der Waals surface area contributed by atoms with E-state index in [2.05, 4.69) is 13.2 Å². The van der Waals surface area contributed by atoms with Crippen molar-refractivity contribution >= 4 is 17.9 Å². The van der Waals surface area contributed by atoms with Gasteiger partial charge in [-0.05, 0) is 60.4 Å². The Bertz CT molecular complexity index is 1120. The lowest BCUT2D eigenvalue weighted by Gasteiger charge is -2.09. The van der Waals surface area contributed by atoms with Crippen LogP contribution in [-0.2, 0) is 17.6 Å². The highest BCUT2D eigenvalue weighted by atomic mass is 16.5. The number of ketones is 1. The van der Waals surface area contributed by atoms with E-state index >= 15 is 0 Å². The number of phenols is 2. The highest BCUT2D eigenvalue weighted by Crippen LogP contribution is 2.33. The first kappa shape index (κ1) is 25.1. The SMILES string of the molecule is C=CCc1cc(/C=C/C(=O)/C=C(O)/C=C/c2cc(CC=C)c(O)c(OC)c2)cc(OC)c1O. The molecule has 0 amide bonds. The van der Waals surface area contributed by atoms with E-state index in [0.29, 0.717) is 46.6 Å². The number of benzene rings is 2. The molecular formula is C27H28O6. The average Bonchev–Trinajstić information content (AvgIpc) is 2.80. The van der Waals surface area contributed by atoms with Crippen molar-refractivity contribution in [2.45, 2.75) is 12.8 Å². The molecule has 0 spiro atoms. The number of aliphatic hydroxyl groups is 1. The van der Waals surface area contributed by atoms with Crippen molar-refractivity contribution in [3.8, 4) is 23.0 Å². The number of hydrogen-bond donors (Lipinski definition) is 3. The molecule has 0 saturated carbocycles. The van der Waals surface area contributed by atoms with E-state index in [1.54, 1.807) is 48.6 Å². The van der Waals surface area contributed by atoms with Crippen molar-refractivity contribution in [3.05, 3.63) is 95.8 Å². The summed E-state index contributed by atoms with van der Waals surface area (Å²) < 4.78 is 10.3. The monoisotopic (exact) mass is 448 g/mol. The minimum absolute atomic E-state index is 0.0330. The summed E-state index contributed by atoms with van der Waals surface area (Å²) in [6, 6.07) is 6.69. The quantitative estimate of drug-likeness (QED) is 0.187. The Morgan fingerprint density at radius 1 is 0.848 bits per heavy atom. The normalized spacial score (nSPS) is 11.6. The third-order valence-corrected chi connectivity index (χ3v) is 4.70. The number of hydrogen-bond acceptors (Lipinski definition) is 6. The number of ether oxygens (including phenoxy) is 2. The summed E-state index contributed by atoms with van der Waals surface area (Å²) in [6.07, 6.45) is 11.1. The van der Waals surface area contributed by atoms with Crippen LogP contribution in [0.25, 0.3) is 12.2 Å². The summed E-state index contributed by atoms with van der Waals surface area (Å²) in [4.78, 5) is 12.2. The van der Waals surface area contributed by atoms with E-state index in [4.69, 9.17) is 9.47 Å². The Morgan fingerprint density at radius 3 is 1.73 bits per heavy atom. The molecule has 0 atom stereocenters. The van der Waals surface area contributed by atoms with Crippen molar-refractivity contribution < 1.29 is 29.6 Å². The maximum absolute atomic E-state index is 12.2. The lowest BCUT2D eigenvalue weighted by molar-refractivity contribution is -0.110. The number of carbonyl (C=O) groups excluding carboxylic acids is 1. The zero-order valence-electron chi connectivity index (χ0n) is 18.7. The van der Waals surface area contributed by atoms with Gasteiger partial charge in [0.05, 0.1) is 14.2 Å². The third kappa shape index (κ3) is 6.90. The van der Waals surface area contributed by atoms with Gasteiger partial charge in [-0.25, -0.2) is 0 Å². The Balaban J connectivity index is 2.19. The molecule has 33 heavy (non-hydrogen) atoms. The van der Waals surface area contributed by atoms with Crippen LogP contribution in [0.2, 0.25) is 0 Å². The molecule has 0 aliphatic heterocycles. The van der Waals surface area contributed by atoms with Crippen molar-refractivity contribution in [3.63, 3.8) is 0 Å². The van der Waals surface area contributed by atoms with Gasteiger partial charge in [-0.2, -0.15) is 0 Å². The molecule has 2 rings (SSSR count). The van der Waals surface area contributed by atoms with Gasteiger partial charge >= 0.3 is 0 Å². The van der Waals surface area contributed by atoms with Crippen LogP contribution in [0.1, 0.15) is 22.3 Å². The van der Waals surface area contributed by atoms with Gasteiger partial charge in [0.1, 0.15) is 5.76 Å². The molecule has 0 aliphatic rings. The summed E-state index contributed by atoms with van der Waals surface area (Å²) >= 11 is 0. The molecule has 3 N–H and O–H groups in total. The first-order chi connectivity index (χ1) is 15.8. The van der Waals surface area contributed by atoms with Gasteiger partial charge in [-0.15, -0.1) is 13.2 Å². The van der Waals surface area contributed by atoms with Crippen LogP contribution >= 0.6 is 0 Å². The maximum atomic E-state index is 12.2. The summed E-state index contributed by atoms with van der Waals surface area (Å²) in [5, 5.41) is 30.4. The largest absolute Gasteiger partial charge is 0.508 e. The van der Waals surface area contributed by atoms with E-state index in [1.807, 2.05) is 0 Å². The predicted molar refractivity (Wildman–Crippen MR) is 131 cm³/mol. The molecule has 0 saturated heterocycles. The Labute approximate surface area is 193 Å². The minimum atomic E-state index is -0.426. The maximum Gasteiger partial charge on any atom is 0.182 e. The second kappa shape index (κ2) is 12.0. The summed E-state index contributed by atoms with van der Waals surface area (Å²) in [7, 11) is 2.90. The molecule has 0 aliphatic carbocycles. The Kier molecular flexibility index (Phi) is 9.12. The highest BCUT2D eigenvalue weighted by Gasteiger charge is 2.10. The van der Waals surface area contributed by atoms with Crippen LogP contribution in [0.15, 0.2) is 73.6 Å². The number of allylic oxidation sites excluding steroid dienone is 5. The fourth-order valence-corrected chi connectivity index (χ4v) is 3.11. The van der Waals surface area contributed by atoms with Crippen molar-refractivity contribution in [1.82, 2.24) is 0 Å². The topological polar surface area (TPSA) is 96.2 Å². The first-order valence-corrected chi connectivity index (χ1v) is 10.1. The number of methoxy groups -OCH3 is 2. The molecule has 2 aromatic rings. The number of carbonyl (C=O) groups is 1.